The van der Waals surface area contributed by atoms with Gasteiger partial charge in [0.25, 0.3) is 0 Å². The molecule has 0 aliphatic carbocycles. The van der Waals surface area contributed by atoms with Crippen LogP contribution in [0.5, 0.6) is 0 Å². The second-order valence-electron chi connectivity index (χ2n) is 4.63. The first-order chi connectivity index (χ1) is 7.83. The fourth-order valence-electron chi connectivity index (χ4n) is 2.63. The summed E-state index contributed by atoms with van der Waals surface area (Å²) in [4.78, 5) is 2.45. The van der Waals surface area contributed by atoms with Crippen molar-refractivity contribution in [3.63, 3.8) is 0 Å². The number of likely N-dealkylation sites (tertiary alicyclic amines) is 1. The zero-order valence-electron chi connectivity index (χ0n) is 9.20. The second kappa shape index (κ2) is 4.39. The number of nitrogens with zero attached hydrogens (tertiary/aromatic N) is 3. The standard InChI is InChI=1S/C11H17N3OS/c15-10-8-16-11-7-13(6-9(10)11)4-5-14-3-1-2-12-14/h1-3,9-11,15H,4-8H2. The lowest BCUT2D eigenvalue weighted by atomic mass is 10.0. The van der Waals surface area contributed by atoms with Crippen LogP contribution in [0.2, 0.25) is 0 Å². The van der Waals surface area contributed by atoms with Crippen molar-refractivity contribution in [2.75, 3.05) is 25.4 Å². The van der Waals surface area contributed by atoms with Gasteiger partial charge in [0.15, 0.2) is 0 Å². The third kappa shape index (κ3) is 1.99. The molecule has 3 unspecified atom stereocenters. The molecule has 2 fully saturated rings. The van der Waals surface area contributed by atoms with Crippen molar-refractivity contribution in [1.82, 2.24) is 14.7 Å². The first-order valence-electron chi connectivity index (χ1n) is 5.82. The molecule has 3 atom stereocenters. The predicted octanol–water partition coefficient (Wildman–Crippen LogP) is 0.291. The fraction of sp³-hybridized carbons (Fsp3) is 0.727. The van der Waals surface area contributed by atoms with Crippen molar-refractivity contribution < 1.29 is 5.11 Å². The van der Waals surface area contributed by atoms with Gasteiger partial charge >= 0.3 is 0 Å². The maximum Gasteiger partial charge on any atom is 0.0682 e. The molecule has 4 nitrogen and oxygen atoms in total. The van der Waals surface area contributed by atoms with E-state index in [9.17, 15) is 5.11 Å². The molecule has 1 aromatic heterocycles. The highest BCUT2D eigenvalue weighted by Crippen LogP contribution is 2.37. The van der Waals surface area contributed by atoms with Gasteiger partial charge in [0.2, 0.25) is 0 Å². The summed E-state index contributed by atoms with van der Waals surface area (Å²) in [6.45, 7) is 4.18. The van der Waals surface area contributed by atoms with Crippen molar-refractivity contribution >= 4 is 11.8 Å². The highest BCUT2D eigenvalue weighted by atomic mass is 32.2. The molecule has 0 spiro atoms. The summed E-state index contributed by atoms with van der Waals surface area (Å²) in [6, 6.07) is 1.96. The fourth-order valence-corrected chi connectivity index (χ4v) is 4.15. The van der Waals surface area contributed by atoms with Crippen LogP contribution in [0.4, 0.5) is 0 Å². The van der Waals surface area contributed by atoms with Gasteiger partial charge < -0.3 is 5.11 Å². The molecule has 2 aliphatic heterocycles. The molecule has 1 N–H and O–H groups in total. The van der Waals surface area contributed by atoms with E-state index in [0.29, 0.717) is 11.2 Å². The average Bonchev–Trinajstić information content (AvgIpc) is 2.95. The minimum Gasteiger partial charge on any atom is -0.392 e. The minimum absolute atomic E-state index is 0.0790. The Morgan fingerprint density at radius 3 is 3.06 bits per heavy atom. The van der Waals surface area contributed by atoms with E-state index in [4.69, 9.17) is 0 Å². The number of thioether (sulfide) groups is 1. The summed E-state index contributed by atoms with van der Waals surface area (Å²) in [5, 5.41) is 14.7. The molecule has 0 aromatic carbocycles. The number of hydrogen-bond acceptors (Lipinski definition) is 4. The van der Waals surface area contributed by atoms with Gasteiger partial charge in [-0.2, -0.15) is 16.9 Å². The number of aliphatic hydroxyl groups excluding tert-OH is 1. The maximum absolute atomic E-state index is 9.80. The first-order valence-corrected chi connectivity index (χ1v) is 6.87. The number of aromatic nitrogens is 2. The number of hydrogen-bond donors (Lipinski definition) is 1. The molecule has 0 radical (unpaired) electrons. The van der Waals surface area contributed by atoms with Gasteiger partial charge in [-0.05, 0) is 6.07 Å². The quantitative estimate of drug-likeness (QED) is 0.823. The normalized spacial score (nSPS) is 34.4. The Labute approximate surface area is 99.6 Å². The van der Waals surface area contributed by atoms with Gasteiger partial charge in [-0.3, -0.25) is 9.58 Å². The highest BCUT2D eigenvalue weighted by molar-refractivity contribution is 8.00. The van der Waals surface area contributed by atoms with Crippen molar-refractivity contribution in [1.29, 1.82) is 0 Å². The summed E-state index contributed by atoms with van der Waals surface area (Å²) in [5.41, 5.74) is 0. The maximum atomic E-state index is 9.80. The van der Waals surface area contributed by atoms with Gasteiger partial charge in [0.05, 0.1) is 12.6 Å². The Bertz CT molecular complexity index is 343. The smallest absolute Gasteiger partial charge is 0.0682 e. The van der Waals surface area contributed by atoms with Crippen LogP contribution in [0.15, 0.2) is 18.5 Å². The first kappa shape index (κ1) is 10.6. The summed E-state index contributed by atoms with van der Waals surface area (Å²) < 4.78 is 1.97. The van der Waals surface area contributed by atoms with E-state index in [2.05, 4.69) is 10.00 Å². The van der Waals surface area contributed by atoms with Crippen LogP contribution in [0.3, 0.4) is 0 Å². The third-order valence-corrected chi connectivity index (χ3v) is 5.03. The second-order valence-corrected chi connectivity index (χ2v) is 5.90. The molecule has 0 saturated carbocycles. The van der Waals surface area contributed by atoms with Crippen LogP contribution in [-0.2, 0) is 6.54 Å². The monoisotopic (exact) mass is 239 g/mol. The van der Waals surface area contributed by atoms with Crippen LogP contribution in [0.1, 0.15) is 0 Å². The number of fused-ring (bicyclic) bond motifs is 1. The van der Waals surface area contributed by atoms with E-state index in [0.717, 1.165) is 31.9 Å². The average molecular weight is 239 g/mol. The molecule has 88 valence electrons. The summed E-state index contributed by atoms with van der Waals surface area (Å²) >= 11 is 1.93. The molecular formula is C11H17N3OS. The molecule has 1 aromatic rings. The molecule has 3 heterocycles. The van der Waals surface area contributed by atoms with E-state index in [-0.39, 0.29) is 6.10 Å². The third-order valence-electron chi connectivity index (χ3n) is 3.56. The molecule has 16 heavy (non-hydrogen) atoms. The molecule has 0 bridgehead atoms. The van der Waals surface area contributed by atoms with E-state index < -0.39 is 0 Å². The molecular weight excluding hydrogens is 222 g/mol. The SMILES string of the molecule is OC1CSC2CN(CCn3cccn3)CC12. The van der Waals surface area contributed by atoms with Gasteiger partial charge in [0, 0.05) is 48.9 Å². The Balaban J connectivity index is 1.51. The topological polar surface area (TPSA) is 41.3 Å². The molecule has 2 saturated heterocycles. The number of aliphatic hydroxyl groups is 1. The largest absolute Gasteiger partial charge is 0.392 e. The highest BCUT2D eigenvalue weighted by Gasteiger charge is 2.42. The van der Waals surface area contributed by atoms with Gasteiger partial charge in [-0.15, -0.1) is 0 Å². The van der Waals surface area contributed by atoms with Crippen molar-refractivity contribution in [2.24, 2.45) is 5.92 Å². The molecule has 3 rings (SSSR count). The molecule has 0 amide bonds. The van der Waals surface area contributed by atoms with Crippen LogP contribution in [0, 0.1) is 5.92 Å². The Morgan fingerprint density at radius 2 is 2.31 bits per heavy atom. The molecule has 5 heteroatoms. The van der Waals surface area contributed by atoms with Crippen molar-refractivity contribution in [3.05, 3.63) is 18.5 Å². The van der Waals surface area contributed by atoms with Crippen LogP contribution in [-0.4, -0.2) is 56.5 Å². The Morgan fingerprint density at radius 1 is 1.38 bits per heavy atom. The van der Waals surface area contributed by atoms with Crippen molar-refractivity contribution in [2.45, 2.75) is 17.9 Å². The van der Waals surface area contributed by atoms with E-state index >= 15 is 0 Å². The van der Waals surface area contributed by atoms with Crippen LogP contribution < -0.4 is 0 Å². The van der Waals surface area contributed by atoms with E-state index in [1.165, 1.54) is 0 Å². The van der Waals surface area contributed by atoms with Gasteiger partial charge in [-0.25, -0.2) is 0 Å². The Kier molecular flexibility index (Phi) is 2.91. The van der Waals surface area contributed by atoms with Crippen LogP contribution >= 0.6 is 11.8 Å². The summed E-state index contributed by atoms with van der Waals surface area (Å²) in [7, 11) is 0. The minimum atomic E-state index is -0.0790. The van der Waals surface area contributed by atoms with Crippen molar-refractivity contribution in [3.8, 4) is 0 Å². The Hall–Kier alpha value is -0.520. The number of rotatable bonds is 3. The van der Waals surface area contributed by atoms with E-state index in [1.807, 2.05) is 34.9 Å². The lowest BCUT2D eigenvalue weighted by Gasteiger charge is -2.17. The summed E-state index contributed by atoms with van der Waals surface area (Å²) in [5.74, 6) is 1.44. The van der Waals surface area contributed by atoms with Gasteiger partial charge in [-0.1, -0.05) is 0 Å². The van der Waals surface area contributed by atoms with E-state index in [1.54, 1.807) is 0 Å². The predicted molar refractivity (Wildman–Crippen MR) is 64.4 cm³/mol. The van der Waals surface area contributed by atoms with Gasteiger partial charge in [0.1, 0.15) is 0 Å². The summed E-state index contributed by atoms with van der Waals surface area (Å²) in [6.07, 6.45) is 3.74. The van der Waals surface area contributed by atoms with Crippen LogP contribution in [0.25, 0.3) is 0 Å². The zero-order chi connectivity index (χ0) is 11.0. The lowest BCUT2D eigenvalue weighted by Crippen LogP contribution is -2.28. The molecule has 2 aliphatic rings. The lowest BCUT2D eigenvalue weighted by molar-refractivity contribution is 0.140. The zero-order valence-corrected chi connectivity index (χ0v) is 10.0.